The maximum Gasteiger partial charge on any atom is 0.00724 e. The molecule has 0 amide bonds. The Hall–Kier alpha value is -0.0400. The highest BCUT2D eigenvalue weighted by atomic mass is 15.0. The van der Waals surface area contributed by atoms with Gasteiger partial charge >= 0.3 is 0 Å². The highest BCUT2D eigenvalue weighted by Crippen LogP contribution is 2.24. The van der Waals surface area contributed by atoms with E-state index in [0.29, 0.717) is 0 Å². The van der Waals surface area contributed by atoms with Gasteiger partial charge in [0.15, 0.2) is 0 Å². The summed E-state index contributed by atoms with van der Waals surface area (Å²) in [5, 5.41) is 3.62. The van der Waals surface area contributed by atoms with Crippen molar-refractivity contribution in [1.29, 1.82) is 0 Å². The normalized spacial score (nSPS) is 42.7. The molecule has 2 fully saturated rings. The molecule has 0 spiro atoms. The zero-order valence-corrected chi connectivity index (χ0v) is 5.77. The lowest BCUT2D eigenvalue weighted by Crippen LogP contribution is -2.45. The molecule has 1 nitrogen and oxygen atoms in total. The van der Waals surface area contributed by atoms with E-state index in [2.05, 4.69) is 11.7 Å². The van der Waals surface area contributed by atoms with Gasteiger partial charge in [-0.3, -0.25) is 0 Å². The quantitative estimate of drug-likeness (QED) is 0.516. The summed E-state index contributed by atoms with van der Waals surface area (Å²) in [6.07, 6.45) is 9.36. The molecular formula is C8H14N. The SMILES string of the molecule is [CH]1CC2CCCC(C1)N2. The largest absolute Gasteiger partial charge is 0.311 e. The minimum absolute atomic E-state index is 0.845. The molecule has 2 saturated heterocycles. The Morgan fingerprint density at radius 3 is 2.33 bits per heavy atom. The van der Waals surface area contributed by atoms with E-state index in [1.807, 2.05) is 0 Å². The molecular weight excluding hydrogens is 110 g/mol. The Kier molecular flexibility index (Phi) is 1.46. The van der Waals surface area contributed by atoms with Crippen molar-refractivity contribution >= 4 is 0 Å². The van der Waals surface area contributed by atoms with E-state index in [9.17, 15) is 0 Å². The predicted octanol–water partition coefficient (Wildman–Crippen LogP) is 1.50. The molecule has 2 aliphatic rings. The van der Waals surface area contributed by atoms with Crippen LogP contribution in [0.4, 0.5) is 0 Å². The molecule has 0 aromatic heterocycles. The minimum Gasteiger partial charge on any atom is -0.311 e. The van der Waals surface area contributed by atoms with Gasteiger partial charge in [-0.15, -0.1) is 0 Å². The summed E-state index contributed by atoms with van der Waals surface area (Å²) in [6.45, 7) is 0. The first-order valence-electron chi connectivity index (χ1n) is 4.03. The van der Waals surface area contributed by atoms with Crippen LogP contribution >= 0.6 is 0 Å². The molecule has 0 aromatic carbocycles. The van der Waals surface area contributed by atoms with Crippen LogP contribution in [-0.4, -0.2) is 12.1 Å². The van der Waals surface area contributed by atoms with Crippen molar-refractivity contribution in [2.75, 3.05) is 0 Å². The topological polar surface area (TPSA) is 12.0 Å². The number of hydrogen-bond acceptors (Lipinski definition) is 1. The maximum absolute atomic E-state index is 3.62. The summed E-state index contributed by atoms with van der Waals surface area (Å²) < 4.78 is 0. The summed E-state index contributed by atoms with van der Waals surface area (Å²) in [4.78, 5) is 0. The fourth-order valence-electron chi connectivity index (χ4n) is 1.98. The van der Waals surface area contributed by atoms with Crippen LogP contribution in [0.15, 0.2) is 0 Å². The van der Waals surface area contributed by atoms with Gasteiger partial charge in [0.1, 0.15) is 0 Å². The van der Waals surface area contributed by atoms with Gasteiger partial charge in [-0.2, -0.15) is 0 Å². The van der Waals surface area contributed by atoms with Gasteiger partial charge in [0.25, 0.3) is 0 Å². The Morgan fingerprint density at radius 1 is 1.11 bits per heavy atom. The molecule has 0 saturated carbocycles. The van der Waals surface area contributed by atoms with E-state index in [1.165, 1.54) is 32.1 Å². The highest BCUT2D eigenvalue weighted by molar-refractivity contribution is 4.92. The summed E-state index contributed by atoms with van der Waals surface area (Å²) >= 11 is 0. The van der Waals surface area contributed by atoms with Crippen molar-refractivity contribution in [3.05, 3.63) is 6.42 Å². The predicted molar refractivity (Wildman–Crippen MR) is 38.1 cm³/mol. The van der Waals surface area contributed by atoms with Gasteiger partial charge < -0.3 is 5.32 Å². The third kappa shape index (κ3) is 1.11. The lowest BCUT2D eigenvalue weighted by Gasteiger charge is -2.35. The van der Waals surface area contributed by atoms with Crippen LogP contribution in [0.25, 0.3) is 0 Å². The molecule has 2 rings (SSSR count). The summed E-state index contributed by atoms with van der Waals surface area (Å²) in [6, 6.07) is 1.69. The average molecular weight is 124 g/mol. The van der Waals surface area contributed by atoms with Crippen LogP contribution in [-0.2, 0) is 0 Å². The van der Waals surface area contributed by atoms with E-state index < -0.39 is 0 Å². The Bertz CT molecular complexity index is 80.7. The van der Waals surface area contributed by atoms with Crippen LogP contribution in [0.2, 0.25) is 0 Å². The van der Waals surface area contributed by atoms with Crippen molar-refractivity contribution in [1.82, 2.24) is 5.32 Å². The number of rotatable bonds is 0. The van der Waals surface area contributed by atoms with Crippen LogP contribution < -0.4 is 5.32 Å². The van der Waals surface area contributed by atoms with Gasteiger partial charge in [0.2, 0.25) is 0 Å². The smallest absolute Gasteiger partial charge is 0.00724 e. The summed E-state index contributed by atoms with van der Waals surface area (Å²) in [5.74, 6) is 0. The van der Waals surface area contributed by atoms with Gasteiger partial charge in [-0.1, -0.05) is 6.42 Å². The van der Waals surface area contributed by atoms with E-state index in [1.54, 1.807) is 0 Å². The third-order valence-electron chi connectivity index (χ3n) is 2.48. The minimum atomic E-state index is 0.845. The van der Waals surface area contributed by atoms with Crippen LogP contribution in [0.3, 0.4) is 0 Å². The Labute approximate surface area is 56.8 Å². The van der Waals surface area contributed by atoms with E-state index in [4.69, 9.17) is 0 Å². The molecule has 0 aliphatic carbocycles. The molecule has 1 N–H and O–H groups in total. The van der Waals surface area contributed by atoms with Gasteiger partial charge in [0.05, 0.1) is 0 Å². The second kappa shape index (κ2) is 2.30. The molecule has 1 radical (unpaired) electrons. The molecule has 9 heavy (non-hydrogen) atoms. The zero-order chi connectivity index (χ0) is 6.10. The first-order chi connectivity index (χ1) is 4.45. The number of hydrogen-bond donors (Lipinski definition) is 1. The number of nitrogens with one attached hydrogen (secondary N) is 1. The lowest BCUT2D eigenvalue weighted by molar-refractivity contribution is 0.279. The van der Waals surface area contributed by atoms with Crippen molar-refractivity contribution in [2.24, 2.45) is 0 Å². The Morgan fingerprint density at radius 2 is 1.78 bits per heavy atom. The van der Waals surface area contributed by atoms with E-state index >= 15 is 0 Å². The van der Waals surface area contributed by atoms with E-state index in [0.717, 1.165) is 12.1 Å². The van der Waals surface area contributed by atoms with Gasteiger partial charge in [0, 0.05) is 12.1 Å². The monoisotopic (exact) mass is 124 g/mol. The van der Waals surface area contributed by atoms with Crippen molar-refractivity contribution in [3.8, 4) is 0 Å². The van der Waals surface area contributed by atoms with Crippen molar-refractivity contribution < 1.29 is 0 Å². The van der Waals surface area contributed by atoms with Crippen LogP contribution in [0.5, 0.6) is 0 Å². The second-order valence-corrected chi connectivity index (χ2v) is 3.25. The number of piperidine rings is 2. The third-order valence-corrected chi connectivity index (χ3v) is 2.48. The summed E-state index contributed by atoms with van der Waals surface area (Å²) in [5.41, 5.74) is 0. The molecule has 2 aliphatic heterocycles. The van der Waals surface area contributed by atoms with Crippen molar-refractivity contribution in [3.63, 3.8) is 0 Å². The zero-order valence-electron chi connectivity index (χ0n) is 5.77. The fourth-order valence-corrected chi connectivity index (χ4v) is 1.98. The molecule has 2 heterocycles. The molecule has 2 bridgehead atoms. The second-order valence-electron chi connectivity index (χ2n) is 3.25. The lowest BCUT2D eigenvalue weighted by atomic mass is 9.87. The average Bonchev–Trinajstić information content (AvgIpc) is 1.88. The van der Waals surface area contributed by atoms with Crippen LogP contribution in [0, 0.1) is 6.42 Å². The highest BCUT2D eigenvalue weighted by Gasteiger charge is 2.24. The molecule has 2 atom stereocenters. The fraction of sp³-hybridized carbons (Fsp3) is 0.875. The molecule has 2 unspecified atom stereocenters. The molecule has 51 valence electrons. The van der Waals surface area contributed by atoms with Gasteiger partial charge in [-0.25, -0.2) is 0 Å². The summed E-state index contributed by atoms with van der Waals surface area (Å²) in [7, 11) is 0. The standard InChI is InChI=1S/C8H14N/c1-3-7-5-2-6-8(4-1)9-7/h1,7-9H,2-6H2. The first kappa shape index (κ1) is 5.72. The van der Waals surface area contributed by atoms with E-state index in [-0.39, 0.29) is 0 Å². The Balaban J connectivity index is 1.96. The number of fused-ring (bicyclic) bond motifs is 2. The van der Waals surface area contributed by atoms with Crippen molar-refractivity contribution in [2.45, 2.75) is 44.2 Å². The maximum atomic E-state index is 3.62. The van der Waals surface area contributed by atoms with Gasteiger partial charge in [-0.05, 0) is 32.1 Å². The van der Waals surface area contributed by atoms with Crippen LogP contribution in [0.1, 0.15) is 32.1 Å². The molecule has 1 heteroatoms. The molecule has 0 aromatic rings. The first-order valence-corrected chi connectivity index (χ1v) is 4.03.